The maximum absolute atomic E-state index is 11.0. The van der Waals surface area contributed by atoms with E-state index >= 15 is 0 Å². The predicted octanol–water partition coefficient (Wildman–Crippen LogP) is 3.11. The minimum atomic E-state index is -1.15. The van der Waals surface area contributed by atoms with E-state index in [0.717, 1.165) is 5.56 Å². The number of aliphatic carboxylic acids is 1. The van der Waals surface area contributed by atoms with Crippen LogP contribution in [0.5, 0.6) is 0 Å². The normalized spacial score (nSPS) is 14.4. The zero-order valence-corrected chi connectivity index (χ0v) is 10.1. The van der Waals surface area contributed by atoms with Crippen LogP contribution in [-0.4, -0.2) is 16.7 Å². The van der Waals surface area contributed by atoms with Gasteiger partial charge in [0.15, 0.2) is 5.60 Å². The van der Waals surface area contributed by atoms with Crippen LogP contribution in [0.2, 0.25) is 5.02 Å². The highest BCUT2D eigenvalue weighted by Gasteiger charge is 2.32. The van der Waals surface area contributed by atoms with E-state index in [2.05, 4.69) is 0 Å². The van der Waals surface area contributed by atoms with Crippen molar-refractivity contribution in [3.63, 3.8) is 0 Å². The van der Waals surface area contributed by atoms with Gasteiger partial charge in [-0.2, -0.15) is 0 Å². The van der Waals surface area contributed by atoms with Crippen molar-refractivity contribution in [2.24, 2.45) is 0 Å². The maximum atomic E-state index is 11.0. The number of ether oxygens (including phenoxy) is 1. The van der Waals surface area contributed by atoms with Crippen molar-refractivity contribution in [1.82, 2.24) is 0 Å². The van der Waals surface area contributed by atoms with E-state index in [4.69, 9.17) is 21.4 Å². The molecule has 16 heavy (non-hydrogen) atoms. The molecule has 0 bridgehead atoms. The van der Waals surface area contributed by atoms with Crippen LogP contribution in [0.25, 0.3) is 0 Å². The zero-order valence-electron chi connectivity index (χ0n) is 9.37. The first-order valence-corrected chi connectivity index (χ1v) is 5.48. The smallest absolute Gasteiger partial charge is 0.335 e. The van der Waals surface area contributed by atoms with Crippen LogP contribution in [-0.2, 0) is 16.1 Å². The second-order valence-electron chi connectivity index (χ2n) is 3.77. The average Bonchev–Trinajstić information content (AvgIpc) is 2.27. The van der Waals surface area contributed by atoms with E-state index in [0.29, 0.717) is 11.4 Å². The molecule has 1 atom stereocenters. The van der Waals surface area contributed by atoms with E-state index in [1.165, 1.54) is 0 Å². The molecular weight excluding hydrogens is 228 g/mol. The molecule has 0 fully saturated rings. The molecule has 0 aliphatic carbocycles. The Bertz CT molecular complexity index is 378. The Morgan fingerprint density at radius 1 is 1.50 bits per heavy atom. The molecule has 4 heteroatoms. The van der Waals surface area contributed by atoms with Crippen molar-refractivity contribution in [1.29, 1.82) is 0 Å². The first-order chi connectivity index (χ1) is 7.49. The number of hydrogen-bond acceptors (Lipinski definition) is 2. The second-order valence-corrected chi connectivity index (χ2v) is 4.18. The fourth-order valence-corrected chi connectivity index (χ4v) is 1.36. The molecule has 0 spiro atoms. The lowest BCUT2D eigenvalue weighted by Crippen LogP contribution is -2.37. The van der Waals surface area contributed by atoms with Gasteiger partial charge in [-0.3, -0.25) is 0 Å². The molecule has 0 aliphatic rings. The van der Waals surface area contributed by atoms with Crippen LogP contribution in [0.1, 0.15) is 25.8 Å². The van der Waals surface area contributed by atoms with Gasteiger partial charge >= 0.3 is 5.97 Å². The van der Waals surface area contributed by atoms with Gasteiger partial charge in [0.25, 0.3) is 0 Å². The molecule has 1 N–H and O–H groups in total. The Kier molecular flexibility index (Phi) is 4.33. The van der Waals surface area contributed by atoms with Gasteiger partial charge in [0.05, 0.1) is 6.61 Å². The summed E-state index contributed by atoms with van der Waals surface area (Å²) in [5, 5.41) is 9.61. The fraction of sp³-hybridized carbons (Fsp3) is 0.417. The van der Waals surface area contributed by atoms with Crippen molar-refractivity contribution < 1.29 is 14.6 Å². The summed E-state index contributed by atoms with van der Waals surface area (Å²) in [4.78, 5) is 11.0. The first-order valence-electron chi connectivity index (χ1n) is 5.10. The van der Waals surface area contributed by atoms with E-state index < -0.39 is 11.6 Å². The quantitative estimate of drug-likeness (QED) is 0.863. The van der Waals surface area contributed by atoms with E-state index in [1.807, 2.05) is 18.2 Å². The molecule has 1 aromatic carbocycles. The molecule has 0 saturated carbocycles. The van der Waals surface area contributed by atoms with Crippen molar-refractivity contribution in [2.45, 2.75) is 32.5 Å². The van der Waals surface area contributed by atoms with Gasteiger partial charge in [-0.15, -0.1) is 0 Å². The van der Waals surface area contributed by atoms with Gasteiger partial charge in [0.1, 0.15) is 0 Å². The standard InChI is InChI=1S/C12H15ClO3/c1-3-12(2,11(14)15)16-8-9-6-4-5-7-10(9)13/h4-7H,3,8H2,1-2H3,(H,14,15). The molecule has 0 amide bonds. The van der Waals surface area contributed by atoms with Crippen molar-refractivity contribution in [2.75, 3.05) is 0 Å². The van der Waals surface area contributed by atoms with Crippen LogP contribution in [0.3, 0.4) is 0 Å². The Morgan fingerprint density at radius 3 is 2.62 bits per heavy atom. The van der Waals surface area contributed by atoms with Crippen LogP contribution < -0.4 is 0 Å². The molecule has 0 aliphatic heterocycles. The molecule has 1 rings (SSSR count). The summed E-state index contributed by atoms with van der Waals surface area (Å²) >= 11 is 5.95. The highest BCUT2D eigenvalue weighted by molar-refractivity contribution is 6.31. The Morgan fingerprint density at radius 2 is 2.12 bits per heavy atom. The third-order valence-electron chi connectivity index (χ3n) is 2.63. The molecule has 3 nitrogen and oxygen atoms in total. The summed E-state index contributed by atoms with van der Waals surface area (Å²) in [5.41, 5.74) is -0.357. The molecule has 0 aromatic heterocycles. The number of benzene rings is 1. The van der Waals surface area contributed by atoms with Gasteiger partial charge in [-0.1, -0.05) is 36.7 Å². The van der Waals surface area contributed by atoms with Gasteiger partial charge < -0.3 is 9.84 Å². The highest BCUT2D eigenvalue weighted by atomic mass is 35.5. The Hall–Kier alpha value is -1.06. The van der Waals surface area contributed by atoms with Crippen LogP contribution in [0.4, 0.5) is 0 Å². The average molecular weight is 243 g/mol. The largest absolute Gasteiger partial charge is 0.479 e. The monoisotopic (exact) mass is 242 g/mol. The van der Waals surface area contributed by atoms with Gasteiger partial charge in [-0.25, -0.2) is 4.79 Å². The minimum absolute atomic E-state index is 0.205. The molecule has 0 heterocycles. The van der Waals surface area contributed by atoms with E-state index in [-0.39, 0.29) is 6.61 Å². The third-order valence-corrected chi connectivity index (χ3v) is 3.00. The number of rotatable bonds is 5. The molecule has 1 unspecified atom stereocenters. The van der Waals surface area contributed by atoms with Crippen molar-refractivity contribution >= 4 is 17.6 Å². The topological polar surface area (TPSA) is 46.5 Å². The Balaban J connectivity index is 2.71. The predicted molar refractivity (Wildman–Crippen MR) is 62.6 cm³/mol. The molecule has 0 radical (unpaired) electrons. The van der Waals surface area contributed by atoms with Crippen LogP contribution in [0.15, 0.2) is 24.3 Å². The number of hydrogen-bond donors (Lipinski definition) is 1. The molecule has 1 aromatic rings. The van der Waals surface area contributed by atoms with Crippen molar-refractivity contribution in [3.05, 3.63) is 34.9 Å². The second kappa shape index (κ2) is 5.32. The first kappa shape index (κ1) is 13.0. The maximum Gasteiger partial charge on any atom is 0.335 e. The summed E-state index contributed by atoms with van der Waals surface area (Å²) in [7, 11) is 0. The molecular formula is C12H15ClO3. The van der Waals surface area contributed by atoms with Crippen LogP contribution in [0, 0.1) is 0 Å². The lowest BCUT2D eigenvalue weighted by Gasteiger charge is -2.23. The molecule has 0 saturated heterocycles. The summed E-state index contributed by atoms with van der Waals surface area (Å²) < 4.78 is 5.42. The van der Waals surface area contributed by atoms with Crippen molar-refractivity contribution in [3.8, 4) is 0 Å². The SMILES string of the molecule is CCC(C)(OCc1ccccc1Cl)C(=O)O. The lowest BCUT2D eigenvalue weighted by atomic mass is 10.0. The summed E-state index contributed by atoms with van der Waals surface area (Å²) in [6, 6.07) is 7.24. The van der Waals surface area contributed by atoms with Gasteiger partial charge in [0.2, 0.25) is 0 Å². The lowest BCUT2D eigenvalue weighted by molar-refractivity contribution is -0.165. The van der Waals surface area contributed by atoms with Gasteiger partial charge in [0, 0.05) is 5.02 Å². The molecule has 88 valence electrons. The number of carboxylic acid groups (broad SMARTS) is 1. The van der Waals surface area contributed by atoms with E-state index in [1.54, 1.807) is 19.9 Å². The van der Waals surface area contributed by atoms with E-state index in [9.17, 15) is 4.79 Å². The summed E-state index contributed by atoms with van der Waals surface area (Å²) in [6.45, 7) is 3.54. The highest BCUT2D eigenvalue weighted by Crippen LogP contribution is 2.21. The van der Waals surface area contributed by atoms with Crippen LogP contribution >= 0.6 is 11.6 Å². The third kappa shape index (κ3) is 2.97. The number of carbonyl (C=O) groups is 1. The number of halogens is 1. The number of carboxylic acids is 1. The fourth-order valence-electron chi connectivity index (χ4n) is 1.17. The zero-order chi connectivity index (χ0) is 12.2. The summed E-state index contributed by atoms with van der Waals surface area (Å²) in [6.07, 6.45) is 0.410. The van der Waals surface area contributed by atoms with Gasteiger partial charge in [-0.05, 0) is 25.0 Å². The Labute approximate surface area is 100.0 Å². The minimum Gasteiger partial charge on any atom is -0.479 e. The summed E-state index contributed by atoms with van der Waals surface area (Å²) in [5.74, 6) is -0.956.